The topological polar surface area (TPSA) is 12.0 Å². The van der Waals surface area contributed by atoms with Crippen LogP contribution < -0.4 is 5.32 Å². The summed E-state index contributed by atoms with van der Waals surface area (Å²) >= 11 is 0. The van der Waals surface area contributed by atoms with Gasteiger partial charge in [0.2, 0.25) is 0 Å². The molecule has 19 heavy (non-hydrogen) atoms. The normalized spacial score (nSPS) is 30.6. The largest absolute Gasteiger partial charge is 0.317 e. The van der Waals surface area contributed by atoms with Gasteiger partial charge in [0.15, 0.2) is 0 Å². The molecule has 2 saturated carbocycles. The predicted molar refractivity (Wildman–Crippen MR) is 84.4 cm³/mol. The maximum absolute atomic E-state index is 3.66. The molecule has 1 N–H and O–H groups in total. The van der Waals surface area contributed by atoms with Crippen LogP contribution in [-0.2, 0) is 0 Å². The van der Waals surface area contributed by atoms with Crippen molar-refractivity contribution >= 4 is 0 Å². The summed E-state index contributed by atoms with van der Waals surface area (Å²) in [6.07, 6.45) is 17.8. The molecule has 112 valence electrons. The highest BCUT2D eigenvalue weighted by Gasteiger charge is 2.29. The highest BCUT2D eigenvalue weighted by atomic mass is 14.9. The van der Waals surface area contributed by atoms with Crippen LogP contribution in [0.4, 0.5) is 0 Å². The third-order valence-electron chi connectivity index (χ3n) is 5.86. The number of unbranched alkanes of at least 4 members (excludes halogenated alkanes) is 1. The molecule has 1 atom stereocenters. The molecule has 1 unspecified atom stereocenters. The van der Waals surface area contributed by atoms with E-state index in [9.17, 15) is 0 Å². The Balaban J connectivity index is 1.71. The van der Waals surface area contributed by atoms with Crippen molar-refractivity contribution in [2.24, 2.45) is 17.8 Å². The quantitative estimate of drug-likeness (QED) is 0.671. The van der Waals surface area contributed by atoms with E-state index < -0.39 is 0 Å². The lowest BCUT2D eigenvalue weighted by Gasteiger charge is -2.35. The number of nitrogens with one attached hydrogen (secondary N) is 1. The zero-order chi connectivity index (χ0) is 13.5. The van der Waals surface area contributed by atoms with Gasteiger partial charge in [0, 0.05) is 6.04 Å². The van der Waals surface area contributed by atoms with Crippen LogP contribution in [-0.4, -0.2) is 13.1 Å². The molecule has 0 aromatic heterocycles. The van der Waals surface area contributed by atoms with Gasteiger partial charge in [-0.1, -0.05) is 64.7 Å². The molecule has 0 aromatic carbocycles. The van der Waals surface area contributed by atoms with E-state index in [2.05, 4.69) is 19.3 Å². The van der Waals surface area contributed by atoms with Crippen LogP contribution in [0.1, 0.15) is 84.0 Å². The van der Waals surface area contributed by atoms with Gasteiger partial charge in [0.25, 0.3) is 0 Å². The van der Waals surface area contributed by atoms with Gasteiger partial charge < -0.3 is 5.32 Å². The minimum atomic E-state index is 0.815. The molecule has 0 aromatic rings. The van der Waals surface area contributed by atoms with Gasteiger partial charge in [-0.3, -0.25) is 0 Å². The predicted octanol–water partition coefficient (Wildman–Crippen LogP) is 5.15. The Labute approximate surface area is 120 Å². The maximum Gasteiger partial charge on any atom is 0.00949 e. The van der Waals surface area contributed by atoms with E-state index in [0.717, 1.165) is 23.8 Å². The molecular weight excluding hydrogens is 230 g/mol. The van der Waals surface area contributed by atoms with Gasteiger partial charge in [-0.2, -0.15) is 0 Å². The van der Waals surface area contributed by atoms with E-state index in [1.165, 1.54) is 77.0 Å². The SMILES string of the molecule is CCCCC1CCC(C(CC2CCCC2)NC)CC1. The Hall–Kier alpha value is -0.0400. The number of hydrogen-bond donors (Lipinski definition) is 1. The van der Waals surface area contributed by atoms with Crippen LogP contribution in [0.25, 0.3) is 0 Å². The van der Waals surface area contributed by atoms with Gasteiger partial charge in [-0.15, -0.1) is 0 Å². The zero-order valence-corrected chi connectivity index (χ0v) is 13.3. The van der Waals surface area contributed by atoms with Crippen LogP contribution >= 0.6 is 0 Å². The molecule has 0 radical (unpaired) electrons. The van der Waals surface area contributed by atoms with Crippen molar-refractivity contribution in [2.45, 2.75) is 90.0 Å². The first-order valence-corrected chi connectivity index (χ1v) is 9.00. The average Bonchev–Trinajstić information content (AvgIpc) is 2.96. The van der Waals surface area contributed by atoms with Crippen LogP contribution in [0.15, 0.2) is 0 Å². The van der Waals surface area contributed by atoms with E-state index >= 15 is 0 Å². The first-order chi connectivity index (χ1) is 9.33. The van der Waals surface area contributed by atoms with Crippen molar-refractivity contribution < 1.29 is 0 Å². The van der Waals surface area contributed by atoms with Gasteiger partial charge in [-0.25, -0.2) is 0 Å². The highest BCUT2D eigenvalue weighted by molar-refractivity contribution is 4.84. The zero-order valence-electron chi connectivity index (χ0n) is 13.3. The Bertz CT molecular complexity index is 224. The Morgan fingerprint density at radius 3 is 2.21 bits per heavy atom. The summed E-state index contributed by atoms with van der Waals surface area (Å²) in [7, 11) is 2.20. The molecule has 0 saturated heterocycles. The lowest BCUT2D eigenvalue weighted by Crippen LogP contribution is -2.37. The van der Waals surface area contributed by atoms with Crippen LogP contribution in [0.3, 0.4) is 0 Å². The molecule has 2 aliphatic carbocycles. The Morgan fingerprint density at radius 1 is 0.947 bits per heavy atom. The summed E-state index contributed by atoms with van der Waals surface area (Å²) in [4.78, 5) is 0. The minimum Gasteiger partial charge on any atom is -0.317 e. The summed E-state index contributed by atoms with van der Waals surface area (Å²) in [5, 5.41) is 3.66. The van der Waals surface area contributed by atoms with E-state index in [-0.39, 0.29) is 0 Å². The molecule has 2 rings (SSSR count). The number of rotatable bonds is 7. The third-order valence-corrected chi connectivity index (χ3v) is 5.86. The highest BCUT2D eigenvalue weighted by Crippen LogP contribution is 2.37. The minimum absolute atomic E-state index is 0.815. The molecule has 2 fully saturated rings. The van der Waals surface area contributed by atoms with Crippen molar-refractivity contribution in [3.05, 3.63) is 0 Å². The second-order valence-electron chi connectivity index (χ2n) is 7.20. The summed E-state index contributed by atoms with van der Waals surface area (Å²) in [6.45, 7) is 2.32. The fourth-order valence-corrected chi connectivity index (χ4v) is 4.52. The maximum atomic E-state index is 3.66. The van der Waals surface area contributed by atoms with Crippen molar-refractivity contribution in [3.63, 3.8) is 0 Å². The summed E-state index contributed by atoms with van der Waals surface area (Å²) < 4.78 is 0. The third kappa shape index (κ3) is 4.77. The molecule has 2 aliphatic rings. The molecule has 0 spiro atoms. The molecule has 0 amide bonds. The number of hydrogen-bond acceptors (Lipinski definition) is 1. The van der Waals surface area contributed by atoms with E-state index in [0.29, 0.717) is 0 Å². The monoisotopic (exact) mass is 265 g/mol. The van der Waals surface area contributed by atoms with E-state index in [4.69, 9.17) is 0 Å². The molecule has 1 nitrogen and oxygen atoms in total. The van der Waals surface area contributed by atoms with Gasteiger partial charge in [-0.05, 0) is 44.1 Å². The summed E-state index contributed by atoms with van der Waals surface area (Å²) in [6, 6.07) is 0.815. The smallest absolute Gasteiger partial charge is 0.00949 e. The van der Waals surface area contributed by atoms with Crippen molar-refractivity contribution in [3.8, 4) is 0 Å². The lowest BCUT2D eigenvalue weighted by atomic mass is 9.75. The second kappa shape index (κ2) is 8.29. The van der Waals surface area contributed by atoms with E-state index in [1.54, 1.807) is 0 Å². The second-order valence-corrected chi connectivity index (χ2v) is 7.20. The Morgan fingerprint density at radius 2 is 1.63 bits per heavy atom. The van der Waals surface area contributed by atoms with Gasteiger partial charge >= 0.3 is 0 Å². The molecule has 1 heteroatoms. The van der Waals surface area contributed by atoms with Crippen LogP contribution in [0.2, 0.25) is 0 Å². The van der Waals surface area contributed by atoms with E-state index in [1.807, 2.05) is 0 Å². The molecule has 0 heterocycles. The van der Waals surface area contributed by atoms with Crippen molar-refractivity contribution in [2.75, 3.05) is 7.05 Å². The fraction of sp³-hybridized carbons (Fsp3) is 1.00. The average molecular weight is 265 g/mol. The Kier molecular flexibility index (Phi) is 6.70. The first kappa shape index (κ1) is 15.4. The molecular formula is C18H35N. The lowest BCUT2D eigenvalue weighted by molar-refractivity contribution is 0.198. The van der Waals surface area contributed by atoms with Gasteiger partial charge in [0.1, 0.15) is 0 Å². The van der Waals surface area contributed by atoms with Crippen LogP contribution in [0.5, 0.6) is 0 Å². The van der Waals surface area contributed by atoms with Crippen molar-refractivity contribution in [1.82, 2.24) is 5.32 Å². The fourth-order valence-electron chi connectivity index (χ4n) is 4.52. The standard InChI is InChI=1S/C18H35N/c1-3-4-7-15-10-12-17(13-11-15)18(19-2)14-16-8-5-6-9-16/h15-19H,3-14H2,1-2H3. The summed E-state index contributed by atoms with van der Waals surface area (Å²) in [5.41, 5.74) is 0. The first-order valence-electron chi connectivity index (χ1n) is 9.00. The van der Waals surface area contributed by atoms with Gasteiger partial charge in [0.05, 0.1) is 0 Å². The molecule has 0 bridgehead atoms. The molecule has 0 aliphatic heterocycles. The van der Waals surface area contributed by atoms with Crippen LogP contribution in [0, 0.1) is 17.8 Å². The van der Waals surface area contributed by atoms with Crippen molar-refractivity contribution in [1.29, 1.82) is 0 Å². The summed E-state index contributed by atoms with van der Waals surface area (Å²) in [5.74, 6) is 3.07.